The lowest BCUT2D eigenvalue weighted by atomic mass is 9.92. The van der Waals surface area contributed by atoms with Gasteiger partial charge in [0, 0.05) is 24.0 Å². The minimum absolute atomic E-state index is 0.0583. The van der Waals surface area contributed by atoms with Crippen molar-refractivity contribution in [2.75, 3.05) is 14.2 Å². The maximum Gasteiger partial charge on any atom is 0.331 e. The third kappa shape index (κ3) is 7.85. The van der Waals surface area contributed by atoms with Crippen molar-refractivity contribution in [3.63, 3.8) is 0 Å². The molecule has 8 aromatic rings. The Labute approximate surface area is 334 Å². The van der Waals surface area contributed by atoms with Gasteiger partial charge in [0.05, 0.1) is 38.0 Å². The lowest BCUT2D eigenvalue weighted by molar-refractivity contribution is -0.145. The van der Waals surface area contributed by atoms with Crippen LogP contribution in [0.25, 0.3) is 32.7 Å². The average molecular weight is 773 g/mol. The molecule has 58 heavy (non-hydrogen) atoms. The van der Waals surface area contributed by atoms with Crippen LogP contribution >= 0.6 is 0 Å². The third-order valence-corrected chi connectivity index (χ3v) is 10.2. The molecule has 0 unspecified atom stereocenters. The molecule has 0 saturated carbocycles. The summed E-state index contributed by atoms with van der Waals surface area (Å²) in [4.78, 5) is 26.3. The summed E-state index contributed by atoms with van der Waals surface area (Å²) in [6.45, 7) is 0.117. The zero-order chi connectivity index (χ0) is 39.8. The number of benzene rings is 6. The van der Waals surface area contributed by atoms with E-state index in [-0.39, 0.29) is 13.2 Å². The van der Waals surface area contributed by atoms with Crippen molar-refractivity contribution in [3.05, 3.63) is 168 Å². The number of esters is 2. The van der Waals surface area contributed by atoms with Crippen LogP contribution in [0.3, 0.4) is 0 Å². The molecule has 0 aliphatic rings. The monoisotopic (exact) mass is 772 g/mol. The molecule has 2 aromatic heterocycles. The third-order valence-electron chi connectivity index (χ3n) is 10.2. The molecule has 0 fully saturated rings. The largest absolute Gasteiger partial charge is 0.487 e. The van der Waals surface area contributed by atoms with Gasteiger partial charge in [-0.1, -0.05) is 132 Å². The van der Waals surface area contributed by atoms with E-state index in [1.54, 1.807) is 21.8 Å². The summed E-state index contributed by atoms with van der Waals surface area (Å²) >= 11 is 0. The van der Waals surface area contributed by atoms with Crippen LogP contribution in [0.5, 0.6) is 11.5 Å². The highest BCUT2D eigenvalue weighted by Crippen LogP contribution is 2.46. The molecular formula is C46H40N6O6. The molecule has 2 atom stereocenters. The number of carbonyl (C=O) groups excluding carboxylic acids is 2. The van der Waals surface area contributed by atoms with Gasteiger partial charge in [0.15, 0.2) is 12.1 Å². The van der Waals surface area contributed by atoms with Crippen molar-refractivity contribution in [3.8, 4) is 22.6 Å². The fourth-order valence-electron chi connectivity index (χ4n) is 7.31. The molecule has 0 spiro atoms. The van der Waals surface area contributed by atoms with Gasteiger partial charge in [-0.3, -0.25) is 0 Å². The molecule has 8 rings (SSSR count). The Morgan fingerprint density at radius 1 is 0.517 bits per heavy atom. The highest BCUT2D eigenvalue weighted by molar-refractivity contribution is 6.09. The highest BCUT2D eigenvalue weighted by Gasteiger charge is 2.28. The Morgan fingerprint density at radius 2 is 0.914 bits per heavy atom. The van der Waals surface area contributed by atoms with Gasteiger partial charge in [0.25, 0.3) is 0 Å². The maximum atomic E-state index is 13.1. The second-order valence-corrected chi connectivity index (χ2v) is 13.7. The molecule has 12 nitrogen and oxygen atoms in total. The molecular weight excluding hydrogens is 733 g/mol. The topological polar surface area (TPSA) is 132 Å². The number of hydrogen-bond acceptors (Lipinski definition) is 10. The zero-order valence-electron chi connectivity index (χ0n) is 32.0. The SMILES string of the molecule is COC(=O)[C@H](Cc1ccccc1)n1nncc1COc1ccc2ccccc2c1-c1c(OCc2cnnn2[C@@H](Cc2ccccc2)C(=O)OC)ccc2ccccc12. The van der Waals surface area contributed by atoms with E-state index in [9.17, 15) is 9.59 Å². The first-order chi connectivity index (χ1) is 28.5. The quantitative estimate of drug-likeness (QED) is 0.0947. The van der Waals surface area contributed by atoms with Gasteiger partial charge >= 0.3 is 11.9 Å². The maximum absolute atomic E-state index is 13.1. The molecule has 0 N–H and O–H groups in total. The standard InChI is InChI=1S/C46H40N6O6/c1-55-45(53)39(25-31-13-5-3-6-14-31)51-35(27-47-49-51)29-57-41-23-21-33-17-9-11-19-37(33)43(41)44-38-20-12-10-18-34(38)22-24-42(44)58-30-36-28-48-50-52(36)40(46(54)56-2)26-32-15-7-4-8-16-32/h3-24,27-28,39-40H,25-26,29-30H2,1-2H3/t39-,40-/m0/s1. The number of aromatic nitrogens is 6. The molecule has 0 aliphatic carbocycles. The normalized spacial score (nSPS) is 12.2. The van der Waals surface area contributed by atoms with E-state index in [0.717, 1.165) is 43.8 Å². The van der Waals surface area contributed by atoms with Gasteiger partial charge in [-0.2, -0.15) is 0 Å². The minimum Gasteiger partial charge on any atom is -0.487 e. The van der Waals surface area contributed by atoms with Crippen LogP contribution in [-0.2, 0) is 45.1 Å². The smallest absolute Gasteiger partial charge is 0.331 e. The highest BCUT2D eigenvalue weighted by atomic mass is 16.5. The fraction of sp³-hybridized carbons (Fsp3) is 0.174. The van der Waals surface area contributed by atoms with E-state index in [0.29, 0.717) is 35.7 Å². The van der Waals surface area contributed by atoms with Crippen LogP contribution in [0.1, 0.15) is 34.6 Å². The molecule has 0 radical (unpaired) electrons. The Kier molecular flexibility index (Phi) is 11.1. The van der Waals surface area contributed by atoms with Gasteiger partial charge in [-0.25, -0.2) is 19.0 Å². The van der Waals surface area contributed by atoms with Gasteiger partial charge in [0.1, 0.15) is 24.7 Å². The molecule has 0 aliphatic heterocycles. The lowest BCUT2D eigenvalue weighted by Crippen LogP contribution is -2.26. The van der Waals surface area contributed by atoms with Crippen molar-refractivity contribution in [1.82, 2.24) is 30.0 Å². The van der Waals surface area contributed by atoms with Gasteiger partial charge < -0.3 is 18.9 Å². The van der Waals surface area contributed by atoms with Gasteiger partial charge in [-0.15, -0.1) is 10.2 Å². The summed E-state index contributed by atoms with van der Waals surface area (Å²) in [6, 6.07) is 42.1. The first-order valence-electron chi connectivity index (χ1n) is 18.8. The van der Waals surface area contributed by atoms with Crippen LogP contribution in [0.4, 0.5) is 0 Å². The van der Waals surface area contributed by atoms with E-state index in [4.69, 9.17) is 18.9 Å². The van der Waals surface area contributed by atoms with Gasteiger partial charge in [-0.05, 0) is 44.8 Å². The molecule has 12 heteroatoms. The summed E-state index contributed by atoms with van der Waals surface area (Å²) < 4.78 is 27.0. The molecule has 0 amide bonds. The van der Waals surface area contributed by atoms with Crippen molar-refractivity contribution in [2.45, 2.75) is 38.1 Å². The summed E-state index contributed by atoms with van der Waals surface area (Å²) in [6.07, 6.45) is 3.93. The number of nitrogens with zero attached hydrogens (tertiary/aromatic N) is 6. The zero-order valence-corrected chi connectivity index (χ0v) is 32.0. The second-order valence-electron chi connectivity index (χ2n) is 13.7. The first kappa shape index (κ1) is 37.6. The number of rotatable bonds is 15. The Hall–Kier alpha value is -7.34. The number of carbonyl (C=O) groups is 2. The van der Waals surface area contributed by atoms with Crippen LogP contribution < -0.4 is 9.47 Å². The first-order valence-corrected chi connectivity index (χ1v) is 18.8. The van der Waals surface area contributed by atoms with Crippen molar-refractivity contribution >= 4 is 33.5 Å². The van der Waals surface area contributed by atoms with Crippen LogP contribution in [-0.4, -0.2) is 56.1 Å². The second kappa shape index (κ2) is 17.2. The lowest BCUT2D eigenvalue weighted by Gasteiger charge is -2.21. The predicted molar refractivity (Wildman–Crippen MR) is 218 cm³/mol. The minimum atomic E-state index is -0.753. The van der Waals surface area contributed by atoms with Crippen LogP contribution in [0, 0.1) is 0 Å². The number of ether oxygens (including phenoxy) is 4. The van der Waals surface area contributed by atoms with E-state index in [2.05, 4.69) is 44.9 Å². The van der Waals surface area contributed by atoms with Crippen molar-refractivity contribution < 1.29 is 28.5 Å². The Bertz CT molecular complexity index is 2490. The van der Waals surface area contributed by atoms with Gasteiger partial charge in [0.2, 0.25) is 0 Å². The molecule has 6 aromatic carbocycles. The summed E-state index contributed by atoms with van der Waals surface area (Å²) in [7, 11) is 2.73. The summed E-state index contributed by atoms with van der Waals surface area (Å²) in [5.74, 6) is 0.305. The molecule has 0 bridgehead atoms. The number of hydrogen-bond donors (Lipinski definition) is 0. The fourth-order valence-corrected chi connectivity index (χ4v) is 7.31. The van der Waals surface area contributed by atoms with E-state index < -0.39 is 24.0 Å². The Morgan fingerprint density at radius 3 is 1.33 bits per heavy atom. The van der Waals surface area contributed by atoms with E-state index in [1.165, 1.54) is 14.2 Å². The molecule has 2 heterocycles. The molecule has 290 valence electrons. The molecule has 0 saturated heterocycles. The van der Waals surface area contributed by atoms with Crippen LogP contribution in [0.15, 0.2) is 146 Å². The van der Waals surface area contributed by atoms with E-state index in [1.807, 2.05) is 109 Å². The summed E-state index contributed by atoms with van der Waals surface area (Å²) in [5.41, 5.74) is 4.74. The van der Waals surface area contributed by atoms with Crippen molar-refractivity contribution in [2.24, 2.45) is 0 Å². The number of fused-ring (bicyclic) bond motifs is 2. The summed E-state index contributed by atoms with van der Waals surface area (Å²) in [5, 5.41) is 20.9. The predicted octanol–water partition coefficient (Wildman–Crippen LogP) is 7.91. The Balaban J connectivity index is 1.17. The number of methoxy groups -OCH3 is 2. The van der Waals surface area contributed by atoms with Crippen LogP contribution in [0.2, 0.25) is 0 Å². The van der Waals surface area contributed by atoms with Crippen molar-refractivity contribution in [1.29, 1.82) is 0 Å². The van der Waals surface area contributed by atoms with E-state index >= 15 is 0 Å². The average Bonchev–Trinajstić information content (AvgIpc) is 3.95.